The van der Waals surface area contributed by atoms with Crippen LogP contribution in [0.4, 0.5) is 32.0 Å². The van der Waals surface area contributed by atoms with Gasteiger partial charge in [0.15, 0.2) is 11.5 Å². The summed E-state index contributed by atoms with van der Waals surface area (Å²) >= 11 is 5.97. The topological polar surface area (TPSA) is 103 Å². The molecule has 0 unspecified atom stereocenters. The molecule has 0 spiro atoms. The van der Waals surface area contributed by atoms with Crippen LogP contribution in [0.25, 0.3) is 5.82 Å². The van der Waals surface area contributed by atoms with Crippen LogP contribution in [0.3, 0.4) is 0 Å². The van der Waals surface area contributed by atoms with Crippen LogP contribution in [-0.4, -0.2) is 26.6 Å². The second-order valence-electron chi connectivity index (χ2n) is 6.67. The van der Waals surface area contributed by atoms with E-state index >= 15 is 0 Å². The molecule has 0 saturated carbocycles. The van der Waals surface area contributed by atoms with Gasteiger partial charge in [-0.3, -0.25) is 9.59 Å². The third-order valence-electron chi connectivity index (χ3n) is 4.34. The smallest absolute Gasteiger partial charge is 0.366 e. The predicted octanol–water partition coefficient (Wildman–Crippen LogP) is 4.62. The molecule has 0 bridgehead atoms. The highest BCUT2D eigenvalue weighted by atomic mass is 35.5. The summed E-state index contributed by atoms with van der Waals surface area (Å²) in [5, 5.41) is 5.36. The van der Waals surface area contributed by atoms with E-state index in [0.29, 0.717) is 22.9 Å². The molecule has 3 N–H and O–H groups in total. The normalized spacial score (nSPS) is 12.0. The zero-order chi connectivity index (χ0) is 24.7. The van der Waals surface area contributed by atoms with Gasteiger partial charge >= 0.3 is 12.4 Å². The zero-order valence-corrected chi connectivity index (χ0v) is 17.1. The van der Waals surface area contributed by atoms with E-state index in [0.717, 1.165) is 6.92 Å². The molecule has 2 amide bonds. The van der Waals surface area contributed by atoms with E-state index in [2.05, 4.69) is 15.4 Å². The third kappa shape index (κ3) is 4.92. The van der Waals surface area contributed by atoms with Crippen molar-refractivity contribution in [2.24, 2.45) is 5.73 Å². The first-order valence-corrected chi connectivity index (χ1v) is 9.19. The first-order chi connectivity index (χ1) is 15.2. The Kier molecular flexibility index (Phi) is 6.11. The fourth-order valence-electron chi connectivity index (χ4n) is 2.86. The summed E-state index contributed by atoms with van der Waals surface area (Å²) in [7, 11) is 0. The molecule has 7 nitrogen and oxygen atoms in total. The number of nitrogens with zero attached hydrogens (tertiary/aromatic N) is 3. The monoisotopic (exact) mass is 491 g/mol. The molecule has 0 saturated heterocycles. The van der Waals surface area contributed by atoms with Crippen LogP contribution in [0.1, 0.15) is 37.7 Å². The molecular weight excluding hydrogens is 480 g/mol. The number of aromatic nitrogens is 3. The van der Waals surface area contributed by atoms with Crippen LogP contribution >= 0.6 is 11.6 Å². The Bertz CT molecular complexity index is 1250. The molecule has 33 heavy (non-hydrogen) atoms. The van der Waals surface area contributed by atoms with Crippen LogP contribution in [0.15, 0.2) is 36.5 Å². The molecule has 2 aromatic heterocycles. The average molecular weight is 492 g/mol. The van der Waals surface area contributed by atoms with E-state index in [1.54, 1.807) is 0 Å². The maximum absolute atomic E-state index is 13.2. The molecule has 14 heteroatoms. The summed E-state index contributed by atoms with van der Waals surface area (Å²) in [6, 6.07) is 4.18. The maximum Gasteiger partial charge on any atom is 0.435 e. The standard InChI is InChI=1S/C19H12ClF6N5O2/c1-8-5-9(18(21,22)23)6-10(15(27)32)14(8)29-17(33)12-7-13(19(24,25)26)30-31(12)16-11(20)3-2-4-28-16/h2-7H,1H3,(H2,27,32)(H,29,33). The number of rotatable bonds is 4. The summed E-state index contributed by atoms with van der Waals surface area (Å²) in [4.78, 5) is 28.5. The van der Waals surface area contributed by atoms with Crippen LogP contribution in [0, 0.1) is 6.92 Å². The van der Waals surface area contributed by atoms with Crippen molar-refractivity contribution in [3.8, 4) is 5.82 Å². The number of carbonyl (C=O) groups excluding carboxylic acids is 2. The number of halogens is 7. The van der Waals surface area contributed by atoms with E-state index in [-0.39, 0.29) is 16.4 Å². The second-order valence-corrected chi connectivity index (χ2v) is 7.07. The number of nitrogens with two attached hydrogens (primary N) is 1. The van der Waals surface area contributed by atoms with Crippen LogP contribution in [0.2, 0.25) is 5.02 Å². The van der Waals surface area contributed by atoms with Crippen molar-refractivity contribution in [2.45, 2.75) is 19.3 Å². The SMILES string of the molecule is Cc1cc(C(F)(F)F)cc(C(N)=O)c1NC(=O)c1cc(C(F)(F)F)nn1-c1ncccc1Cl. The molecular formula is C19H12ClF6N5O2. The van der Waals surface area contributed by atoms with Crippen molar-refractivity contribution in [3.05, 3.63) is 69.6 Å². The van der Waals surface area contributed by atoms with Gasteiger partial charge in [-0.15, -0.1) is 0 Å². The Balaban J connectivity index is 2.13. The predicted molar refractivity (Wildman–Crippen MR) is 104 cm³/mol. The van der Waals surface area contributed by atoms with E-state index in [9.17, 15) is 35.9 Å². The minimum Gasteiger partial charge on any atom is -0.366 e. The van der Waals surface area contributed by atoms with Gasteiger partial charge < -0.3 is 11.1 Å². The van der Waals surface area contributed by atoms with E-state index in [1.165, 1.54) is 18.3 Å². The molecule has 0 fully saturated rings. The Morgan fingerprint density at radius 1 is 1.09 bits per heavy atom. The van der Waals surface area contributed by atoms with Crippen molar-refractivity contribution in [2.75, 3.05) is 5.32 Å². The summed E-state index contributed by atoms with van der Waals surface area (Å²) in [5.41, 5.74) is 0.517. The number of primary amides is 1. The van der Waals surface area contributed by atoms with Crippen molar-refractivity contribution >= 4 is 29.1 Å². The fourth-order valence-corrected chi connectivity index (χ4v) is 3.07. The fraction of sp³-hybridized carbons (Fsp3) is 0.158. The van der Waals surface area contributed by atoms with Crippen LogP contribution < -0.4 is 11.1 Å². The minimum atomic E-state index is -4.94. The first-order valence-electron chi connectivity index (χ1n) is 8.81. The summed E-state index contributed by atoms with van der Waals surface area (Å²) < 4.78 is 79.5. The highest BCUT2D eigenvalue weighted by Crippen LogP contribution is 2.35. The highest BCUT2D eigenvalue weighted by Gasteiger charge is 2.37. The molecule has 3 aromatic rings. The van der Waals surface area contributed by atoms with Crippen molar-refractivity contribution in [1.29, 1.82) is 0 Å². The number of nitrogens with one attached hydrogen (secondary N) is 1. The molecule has 2 heterocycles. The van der Waals surface area contributed by atoms with Gasteiger partial charge in [0.05, 0.1) is 21.8 Å². The molecule has 0 radical (unpaired) electrons. The van der Waals surface area contributed by atoms with Crippen molar-refractivity contribution < 1.29 is 35.9 Å². The third-order valence-corrected chi connectivity index (χ3v) is 4.63. The Morgan fingerprint density at radius 3 is 2.30 bits per heavy atom. The Labute approximate surface area is 186 Å². The molecule has 0 aliphatic rings. The van der Waals surface area contributed by atoms with Gasteiger partial charge in [-0.05, 0) is 36.8 Å². The number of alkyl halides is 6. The number of aryl methyl sites for hydroxylation is 1. The van der Waals surface area contributed by atoms with Gasteiger partial charge in [0.25, 0.3) is 11.8 Å². The number of amides is 2. The number of hydrogen-bond acceptors (Lipinski definition) is 4. The number of pyridine rings is 1. The molecule has 0 aliphatic heterocycles. The molecule has 0 atom stereocenters. The van der Waals surface area contributed by atoms with Gasteiger partial charge in [-0.25, -0.2) is 9.67 Å². The molecule has 3 rings (SSSR count). The average Bonchev–Trinajstić information content (AvgIpc) is 3.14. The quantitative estimate of drug-likeness (QED) is 0.520. The van der Waals surface area contributed by atoms with E-state index in [1.807, 2.05) is 0 Å². The summed E-state index contributed by atoms with van der Waals surface area (Å²) in [6.45, 7) is 1.16. The summed E-state index contributed by atoms with van der Waals surface area (Å²) in [6.07, 6.45) is -8.55. The lowest BCUT2D eigenvalue weighted by Crippen LogP contribution is -2.22. The van der Waals surface area contributed by atoms with Gasteiger partial charge in [-0.1, -0.05) is 11.6 Å². The molecule has 1 aromatic carbocycles. The lowest BCUT2D eigenvalue weighted by atomic mass is 10.0. The van der Waals surface area contributed by atoms with E-state index in [4.69, 9.17) is 17.3 Å². The molecule has 0 aliphatic carbocycles. The van der Waals surface area contributed by atoms with E-state index < -0.39 is 52.4 Å². The van der Waals surface area contributed by atoms with Crippen molar-refractivity contribution in [1.82, 2.24) is 14.8 Å². The zero-order valence-electron chi connectivity index (χ0n) is 16.3. The Morgan fingerprint density at radius 2 is 1.76 bits per heavy atom. The lowest BCUT2D eigenvalue weighted by Gasteiger charge is -2.16. The van der Waals surface area contributed by atoms with Crippen LogP contribution in [-0.2, 0) is 12.4 Å². The minimum absolute atomic E-state index is 0.132. The number of hydrogen-bond donors (Lipinski definition) is 2. The van der Waals surface area contributed by atoms with Gasteiger partial charge in [-0.2, -0.15) is 31.4 Å². The lowest BCUT2D eigenvalue weighted by molar-refractivity contribution is -0.141. The maximum atomic E-state index is 13.2. The highest BCUT2D eigenvalue weighted by molar-refractivity contribution is 6.32. The van der Waals surface area contributed by atoms with Crippen molar-refractivity contribution in [3.63, 3.8) is 0 Å². The number of anilines is 1. The first kappa shape index (κ1) is 24.0. The Hall–Kier alpha value is -3.61. The van der Waals surface area contributed by atoms with Gasteiger partial charge in [0, 0.05) is 12.3 Å². The largest absolute Gasteiger partial charge is 0.435 e. The number of benzene rings is 1. The molecule has 174 valence electrons. The second kappa shape index (κ2) is 8.39. The summed E-state index contributed by atoms with van der Waals surface area (Å²) in [5.74, 6) is -2.83. The van der Waals surface area contributed by atoms with Gasteiger partial charge in [0.1, 0.15) is 5.69 Å². The van der Waals surface area contributed by atoms with Crippen LogP contribution in [0.5, 0.6) is 0 Å². The van der Waals surface area contributed by atoms with Gasteiger partial charge in [0.2, 0.25) is 0 Å². The number of carbonyl (C=O) groups is 2.